The van der Waals surface area contributed by atoms with Crippen LogP contribution in [0.1, 0.15) is 34.6 Å². The first-order valence-corrected chi connectivity index (χ1v) is 6.73. The summed E-state index contributed by atoms with van der Waals surface area (Å²) in [7, 11) is 0. The molecule has 5 heteroatoms. The van der Waals surface area contributed by atoms with E-state index in [9.17, 15) is 4.79 Å². The normalized spacial score (nSPS) is 16.7. The number of halogens is 2. The molecule has 0 atom stereocenters. The van der Waals surface area contributed by atoms with E-state index in [0.29, 0.717) is 0 Å². The Morgan fingerprint density at radius 2 is 1.72 bits per heavy atom. The van der Waals surface area contributed by atoms with E-state index in [1.54, 1.807) is 0 Å². The van der Waals surface area contributed by atoms with Crippen molar-refractivity contribution in [3.8, 4) is 0 Å². The maximum Gasteiger partial charge on any atom is -0.147 e. The van der Waals surface area contributed by atoms with Crippen molar-refractivity contribution in [3.63, 3.8) is 0 Å². The number of rotatable bonds is 3. The Labute approximate surface area is 131 Å². The average Bonchev–Trinajstić information content (AvgIpc) is 2.38. The number of hydrogen-bond donors (Lipinski definition) is 0. The first kappa shape index (κ1) is 20.3. The van der Waals surface area contributed by atoms with Gasteiger partial charge in [-0.1, -0.05) is 0 Å². The number of allylic oxidation sites excluding steroid dienone is 4. The van der Waals surface area contributed by atoms with Crippen molar-refractivity contribution in [3.05, 3.63) is 33.3 Å². The standard InChI is InChI=1S/C10H15.C3H4O2.2ClH.Ti/c1-7-6-10(4,5)9(3)8(7)2;1-2-3(4)5;;;/h1-5H3;2H,1H2,(H,4,5);2*1H;/q;;;;+1/p-1. The van der Waals surface area contributed by atoms with E-state index in [1.807, 2.05) is 0 Å². The van der Waals surface area contributed by atoms with Gasteiger partial charge in [0.1, 0.15) is 0 Å². The fraction of sp³-hybridized carbons (Fsp3) is 0.462. The molecule has 0 aromatic heterocycles. The molecule has 0 heterocycles. The zero-order chi connectivity index (χ0) is 12.5. The van der Waals surface area contributed by atoms with Gasteiger partial charge in [0, 0.05) is 0 Å². The Morgan fingerprint density at radius 3 is 2.06 bits per heavy atom. The molecule has 1 rings (SSSR count). The summed E-state index contributed by atoms with van der Waals surface area (Å²) in [6, 6.07) is 0. The minimum absolute atomic E-state index is 0. The first-order chi connectivity index (χ1) is 7.32. The van der Waals surface area contributed by atoms with Gasteiger partial charge in [0.15, 0.2) is 0 Å². The van der Waals surface area contributed by atoms with Crippen molar-refractivity contribution in [1.82, 2.24) is 0 Å². The predicted octanol–water partition coefficient (Wildman–Crippen LogP) is 4.21. The van der Waals surface area contributed by atoms with Gasteiger partial charge >= 0.3 is 107 Å². The van der Waals surface area contributed by atoms with Crippen LogP contribution in [0.15, 0.2) is 33.3 Å². The maximum absolute atomic E-state index is 11.1. The Kier molecular flexibility index (Phi) is 8.51. The summed E-state index contributed by atoms with van der Waals surface area (Å²) in [5, 5.41) is 0. The fourth-order valence-corrected chi connectivity index (χ4v) is 3.61. The van der Waals surface area contributed by atoms with Crippen LogP contribution < -0.4 is 0 Å². The van der Waals surface area contributed by atoms with Crippen LogP contribution in [0, 0.1) is 5.41 Å². The number of carbonyl (C=O) groups excluding carboxylic acids is 1. The second-order valence-corrected chi connectivity index (χ2v) is 6.02. The largest absolute Gasteiger partial charge is 0.147 e. The summed E-state index contributed by atoms with van der Waals surface area (Å²) < 4.78 is 6.58. The molecule has 0 bridgehead atoms. The van der Waals surface area contributed by atoms with E-state index in [2.05, 4.69) is 41.2 Å². The molecule has 2 nitrogen and oxygen atoms in total. The SMILES string of the molecule is C=CC(=O)[O][Ti][C]1=C(C)C(C)=C(C)C1(C)C.Cl.Cl. The molecule has 18 heavy (non-hydrogen) atoms. The van der Waals surface area contributed by atoms with Crippen LogP contribution >= 0.6 is 24.8 Å². The average molecular weight is 327 g/mol. The second kappa shape index (κ2) is 7.54. The molecule has 1 aliphatic carbocycles. The van der Waals surface area contributed by atoms with Crippen LogP contribution in [0.25, 0.3) is 0 Å². The monoisotopic (exact) mass is 326 g/mol. The molecule has 0 fully saturated rings. The van der Waals surface area contributed by atoms with Gasteiger partial charge in [-0.2, -0.15) is 0 Å². The summed E-state index contributed by atoms with van der Waals surface area (Å²) in [6.45, 7) is 14.2. The van der Waals surface area contributed by atoms with E-state index >= 15 is 0 Å². The van der Waals surface area contributed by atoms with E-state index in [0.717, 1.165) is 0 Å². The van der Waals surface area contributed by atoms with Crippen LogP contribution in [0.2, 0.25) is 0 Å². The molecule has 0 radical (unpaired) electrons. The molecule has 0 aromatic carbocycles. The molecule has 0 amide bonds. The van der Waals surface area contributed by atoms with Crippen molar-refractivity contribution >= 4 is 30.8 Å². The summed E-state index contributed by atoms with van der Waals surface area (Å²) in [4.78, 5) is 11.1. The second-order valence-electron chi connectivity index (χ2n) is 4.60. The molecule has 0 aliphatic heterocycles. The van der Waals surface area contributed by atoms with Crippen molar-refractivity contribution in [2.45, 2.75) is 34.6 Å². The molecule has 0 N–H and O–H groups in total. The van der Waals surface area contributed by atoms with Crippen LogP contribution in [0.4, 0.5) is 0 Å². The van der Waals surface area contributed by atoms with E-state index in [-0.39, 0.29) is 36.2 Å². The quantitative estimate of drug-likeness (QED) is 0.573. The van der Waals surface area contributed by atoms with E-state index in [1.165, 1.54) is 26.7 Å². The van der Waals surface area contributed by atoms with Crippen molar-refractivity contribution < 1.29 is 27.7 Å². The topological polar surface area (TPSA) is 26.3 Å². The number of carbonyl (C=O) groups is 1. The fourth-order valence-electron chi connectivity index (χ4n) is 1.94. The van der Waals surface area contributed by atoms with Gasteiger partial charge in [-0.05, 0) is 0 Å². The third kappa shape index (κ3) is 3.74. The number of hydrogen-bond acceptors (Lipinski definition) is 2. The third-order valence-corrected chi connectivity index (χ3v) is 5.84. The summed E-state index contributed by atoms with van der Waals surface area (Å²) in [6.07, 6.45) is 1.23. The smallest absolute Gasteiger partial charge is 0.147 e. The minimum Gasteiger partial charge on any atom is -0.147 e. The molecular weight excluding hydrogens is 307 g/mol. The molecular formula is C13H20Cl2O2Ti. The first-order valence-electron chi connectivity index (χ1n) is 5.31. The van der Waals surface area contributed by atoms with Crippen molar-refractivity contribution in [1.29, 1.82) is 0 Å². The van der Waals surface area contributed by atoms with Gasteiger partial charge in [0.2, 0.25) is 0 Å². The maximum atomic E-state index is 11.1. The van der Waals surface area contributed by atoms with Crippen LogP contribution in [-0.2, 0) is 27.7 Å². The summed E-state index contributed by atoms with van der Waals surface area (Å²) in [5.41, 5.74) is 4.09. The van der Waals surface area contributed by atoms with Crippen LogP contribution in [0.3, 0.4) is 0 Å². The van der Waals surface area contributed by atoms with Gasteiger partial charge < -0.3 is 0 Å². The summed E-state index contributed by atoms with van der Waals surface area (Å²) in [5.74, 6) is -0.307. The van der Waals surface area contributed by atoms with Gasteiger partial charge in [0.25, 0.3) is 0 Å². The minimum atomic E-state index is -0.836. The van der Waals surface area contributed by atoms with E-state index < -0.39 is 19.5 Å². The van der Waals surface area contributed by atoms with Crippen molar-refractivity contribution in [2.75, 3.05) is 0 Å². The van der Waals surface area contributed by atoms with Gasteiger partial charge in [-0.15, -0.1) is 24.8 Å². The van der Waals surface area contributed by atoms with Gasteiger partial charge in [0.05, 0.1) is 0 Å². The molecule has 102 valence electrons. The zero-order valence-corrected chi connectivity index (χ0v) is 14.6. The molecule has 0 spiro atoms. The van der Waals surface area contributed by atoms with Crippen LogP contribution in [-0.4, -0.2) is 5.97 Å². The Bertz CT molecular complexity index is 409. The third-order valence-electron chi connectivity index (χ3n) is 3.48. The Balaban J connectivity index is 0. The zero-order valence-electron chi connectivity index (χ0n) is 11.4. The summed E-state index contributed by atoms with van der Waals surface area (Å²) >= 11 is -0.836. The molecule has 0 saturated carbocycles. The predicted molar refractivity (Wildman–Crippen MR) is 75.6 cm³/mol. The molecule has 0 aromatic rings. The van der Waals surface area contributed by atoms with Gasteiger partial charge in [-0.3, -0.25) is 0 Å². The van der Waals surface area contributed by atoms with E-state index in [4.69, 9.17) is 3.32 Å². The Morgan fingerprint density at radius 1 is 1.22 bits per heavy atom. The van der Waals surface area contributed by atoms with Crippen molar-refractivity contribution in [2.24, 2.45) is 5.41 Å². The molecule has 1 aliphatic rings. The van der Waals surface area contributed by atoms with Crippen LogP contribution in [0.5, 0.6) is 0 Å². The Hall–Kier alpha value is -0.0157. The molecule has 0 unspecified atom stereocenters. The van der Waals surface area contributed by atoms with Gasteiger partial charge in [-0.25, -0.2) is 0 Å². The molecule has 0 saturated heterocycles.